The summed E-state index contributed by atoms with van der Waals surface area (Å²) in [5, 5.41) is 4.65. The summed E-state index contributed by atoms with van der Waals surface area (Å²) >= 11 is 0. The molecular weight excluding hydrogens is 413 g/mol. The molecule has 0 bridgehead atoms. The van der Waals surface area contributed by atoms with E-state index in [0.717, 1.165) is 24.2 Å². The van der Waals surface area contributed by atoms with Crippen LogP contribution < -0.4 is 4.74 Å². The number of hydrogen-bond acceptors (Lipinski definition) is 4. The zero-order valence-corrected chi connectivity index (χ0v) is 17.1. The van der Waals surface area contributed by atoms with Gasteiger partial charge in [-0.05, 0) is 49.6 Å². The molecule has 31 heavy (non-hydrogen) atoms. The largest absolute Gasteiger partial charge is 0.573 e. The maximum atomic E-state index is 12.7. The Morgan fingerprint density at radius 2 is 1.77 bits per heavy atom. The number of halogens is 3. The third kappa shape index (κ3) is 4.67. The minimum atomic E-state index is -4.76. The third-order valence-electron chi connectivity index (χ3n) is 5.76. The topological polar surface area (TPSA) is 67.7 Å². The molecule has 2 aliphatic heterocycles. The predicted molar refractivity (Wildman–Crippen MR) is 105 cm³/mol. The monoisotopic (exact) mass is 436 g/mol. The summed E-state index contributed by atoms with van der Waals surface area (Å²) < 4.78 is 42.5. The van der Waals surface area contributed by atoms with Gasteiger partial charge in [-0.15, -0.1) is 13.2 Å². The molecule has 2 aliphatic rings. The van der Waals surface area contributed by atoms with Crippen LogP contribution in [0, 0.1) is 0 Å². The lowest BCUT2D eigenvalue weighted by atomic mass is 9.93. The summed E-state index contributed by atoms with van der Waals surface area (Å²) in [6, 6.07) is 6.82. The molecule has 0 atom stereocenters. The van der Waals surface area contributed by atoms with Crippen LogP contribution in [0.1, 0.15) is 51.7 Å². The molecule has 0 unspecified atom stereocenters. The van der Waals surface area contributed by atoms with Crippen molar-refractivity contribution >= 4 is 11.8 Å². The quantitative estimate of drug-likeness (QED) is 0.741. The molecule has 10 heteroatoms. The minimum absolute atomic E-state index is 0.0261. The van der Waals surface area contributed by atoms with Gasteiger partial charge in [0, 0.05) is 44.7 Å². The summed E-state index contributed by atoms with van der Waals surface area (Å²) in [5.41, 5.74) is 1.80. The van der Waals surface area contributed by atoms with Gasteiger partial charge in [0.25, 0.3) is 11.8 Å². The van der Waals surface area contributed by atoms with Crippen molar-refractivity contribution < 1.29 is 27.5 Å². The number of alkyl halides is 3. The highest BCUT2D eigenvalue weighted by molar-refractivity contribution is 5.94. The van der Waals surface area contributed by atoms with Crippen LogP contribution in [0.3, 0.4) is 0 Å². The summed E-state index contributed by atoms with van der Waals surface area (Å²) in [5.74, 6) is -0.456. The fourth-order valence-electron chi connectivity index (χ4n) is 4.09. The molecule has 2 amide bonds. The second-order valence-electron chi connectivity index (χ2n) is 7.90. The minimum Gasteiger partial charge on any atom is -0.406 e. The molecule has 1 fully saturated rings. The lowest BCUT2D eigenvalue weighted by Gasteiger charge is -2.31. The second kappa shape index (κ2) is 8.24. The number of rotatable bonds is 3. The van der Waals surface area contributed by atoms with Crippen molar-refractivity contribution in [1.29, 1.82) is 0 Å². The molecule has 0 N–H and O–H groups in total. The lowest BCUT2D eigenvalue weighted by Crippen LogP contribution is -2.38. The van der Waals surface area contributed by atoms with E-state index in [4.69, 9.17) is 0 Å². The van der Waals surface area contributed by atoms with E-state index in [-0.39, 0.29) is 23.5 Å². The van der Waals surface area contributed by atoms with E-state index in [2.05, 4.69) is 9.84 Å². The average Bonchev–Trinajstić information content (AvgIpc) is 3.11. The SMILES string of the molecule is CN1CCCn2nc(C3CCN(C(=O)c4ccc(OC(F)(F)F)cc4)CC3)cc2C1=O. The first-order chi connectivity index (χ1) is 14.7. The lowest BCUT2D eigenvalue weighted by molar-refractivity contribution is -0.274. The maximum absolute atomic E-state index is 12.7. The van der Waals surface area contributed by atoms with E-state index in [1.807, 2.05) is 6.07 Å². The fraction of sp³-hybridized carbons (Fsp3) is 0.476. The Kier molecular flexibility index (Phi) is 5.63. The van der Waals surface area contributed by atoms with E-state index in [1.54, 1.807) is 21.5 Å². The Balaban J connectivity index is 1.38. The van der Waals surface area contributed by atoms with E-state index >= 15 is 0 Å². The molecule has 1 saturated heterocycles. The van der Waals surface area contributed by atoms with Gasteiger partial charge in [-0.3, -0.25) is 14.3 Å². The van der Waals surface area contributed by atoms with Crippen molar-refractivity contribution in [3.8, 4) is 5.75 Å². The highest BCUT2D eigenvalue weighted by Crippen LogP contribution is 2.30. The van der Waals surface area contributed by atoms with Crippen molar-refractivity contribution in [1.82, 2.24) is 19.6 Å². The number of hydrogen-bond donors (Lipinski definition) is 0. The second-order valence-corrected chi connectivity index (χ2v) is 7.90. The molecule has 7 nitrogen and oxygen atoms in total. The summed E-state index contributed by atoms with van der Waals surface area (Å²) in [7, 11) is 1.79. The van der Waals surface area contributed by atoms with Crippen LogP contribution in [0.15, 0.2) is 30.3 Å². The van der Waals surface area contributed by atoms with Crippen LogP contribution in [0.25, 0.3) is 0 Å². The van der Waals surface area contributed by atoms with Crippen molar-refractivity contribution in [2.75, 3.05) is 26.7 Å². The number of aryl methyl sites for hydroxylation is 1. The molecule has 0 aliphatic carbocycles. The Hall–Kier alpha value is -3.04. The van der Waals surface area contributed by atoms with E-state index in [0.29, 0.717) is 50.3 Å². The zero-order chi connectivity index (χ0) is 22.2. The number of nitrogens with zero attached hydrogens (tertiary/aromatic N) is 4. The molecule has 0 spiro atoms. The number of ether oxygens (including phenoxy) is 1. The maximum Gasteiger partial charge on any atom is 0.573 e. The van der Waals surface area contributed by atoms with Crippen molar-refractivity contribution in [3.05, 3.63) is 47.3 Å². The molecule has 0 radical (unpaired) electrons. The normalized spacial score (nSPS) is 18.0. The number of carbonyl (C=O) groups is 2. The number of fused-ring (bicyclic) bond motifs is 1. The predicted octanol–water partition coefficient (Wildman–Crippen LogP) is 3.28. The highest BCUT2D eigenvalue weighted by Gasteiger charge is 2.32. The summed E-state index contributed by atoms with van der Waals surface area (Å²) in [4.78, 5) is 28.6. The van der Waals surface area contributed by atoms with Crippen LogP contribution in [0.5, 0.6) is 5.75 Å². The van der Waals surface area contributed by atoms with Crippen LogP contribution in [-0.4, -0.2) is 64.4 Å². The molecular formula is C21H23F3N4O3. The van der Waals surface area contributed by atoms with Crippen LogP contribution in [0.4, 0.5) is 13.2 Å². The number of benzene rings is 1. The average molecular weight is 436 g/mol. The smallest absolute Gasteiger partial charge is 0.406 e. The Labute approximate surface area is 177 Å². The van der Waals surface area contributed by atoms with Crippen LogP contribution in [0.2, 0.25) is 0 Å². The molecule has 4 rings (SSSR count). The number of likely N-dealkylation sites (tertiary alicyclic amines) is 1. The molecule has 0 saturated carbocycles. The van der Waals surface area contributed by atoms with Gasteiger partial charge in [0.15, 0.2) is 0 Å². The van der Waals surface area contributed by atoms with Crippen molar-refractivity contribution in [2.24, 2.45) is 0 Å². The van der Waals surface area contributed by atoms with Crippen LogP contribution in [-0.2, 0) is 6.54 Å². The third-order valence-corrected chi connectivity index (χ3v) is 5.76. The van der Waals surface area contributed by atoms with Gasteiger partial charge in [-0.2, -0.15) is 5.10 Å². The van der Waals surface area contributed by atoms with E-state index < -0.39 is 6.36 Å². The zero-order valence-electron chi connectivity index (χ0n) is 17.1. The first kappa shape index (κ1) is 21.2. The van der Waals surface area contributed by atoms with Crippen molar-refractivity contribution in [3.63, 3.8) is 0 Å². The van der Waals surface area contributed by atoms with E-state index in [1.165, 1.54) is 12.1 Å². The number of carbonyl (C=O) groups excluding carboxylic acids is 2. The van der Waals surface area contributed by atoms with Gasteiger partial charge in [-0.1, -0.05) is 0 Å². The van der Waals surface area contributed by atoms with Gasteiger partial charge in [0.1, 0.15) is 11.4 Å². The first-order valence-electron chi connectivity index (χ1n) is 10.2. The number of aromatic nitrogens is 2. The fourth-order valence-corrected chi connectivity index (χ4v) is 4.09. The number of piperidine rings is 1. The van der Waals surface area contributed by atoms with Crippen molar-refractivity contribution in [2.45, 2.75) is 38.1 Å². The Morgan fingerprint density at radius 1 is 1.10 bits per heavy atom. The molecule has 2 aromatic rings. The van der Waals surface area contributed by atoms with Gasteiger partial charge in [-0.25, -0.2) is 0 Å². The van der Waals surface area contributed by atoms with Gasteiger partial charge >= 0.3 is 6.36 Å². The van der Waals surface area contributed by atoms with Gasteiger partial charge in [0.05, 0.1) is 5.69 Å². The summed E-state index contributed by atoms with van der Waals surface area (Å²) in [6.45, 7) is 2.44. The molecule has 1 aromatic heterocycles. The Bertz CT molecular complexity index is 963. The molecule has 166 valence electrons. The van der Waals surface area contributed by atoms with Crippen LogP contribution >= 0.6 is 0 Å². The van der Waals surface area contributed by atoms with Gasteiger partial charge in [0.2, 0.25) is 0 Å². The molecule has 3 heterocycles. The molecule has 1 aromatic carbocycles. The van der Waals surface area contributed by atoms with Gasteiger partial charge < -0.3 is 14.5 Å². The standard InChI is InChI=1S/C21H23F3N4O3/c1-26-9-2-10-28-18(20(26)30)13-17(25-28)14-7-11-27(12-8-14)19(29)15-3-5-16(6-4-15)31-21(22,23)24/h3-6,13-14H,2,7-12H2,1H3. The number of amides is 2. The highest BCUT2D eigenvalue weighted by atomic mass is 19.4. The summed E-state index contributed by atoms with van der Waals surface area (Å²) in [6.07, 6.45) is -2.49. The first-order valence-corrected chi connectivity index (χ1v) is 10.2. The Morgan fingerprint density at radius 3 is 2.42 bits per heavy atom. The van der Waals surface area contributed by atoms with E-state index in [9.17, 15) is 22.8 Å².